The van der Waals surface area contributed by atoms with E-state index in [1.54, 1.807) is 7.11 Å². The van der Waals surface area contributed by atoms with E-state index >= 15 is 0 Å². The minimum absolute atomic E-state index is 0.0682. The van der Waals surface area contributed by atoms with Crippen molar-refractivity contribution >= 4 is 5.78 Å². The summed E-state index contributed by atoms with van der Waals surface area (Å²) in [5, 5.41) is 3.12. The van der Waals surface area contributed by atoms with Gasteiger partial charge in [0.05, 0.1) is 19.2 Å². The molecule has 0 saturated heterocycles. The molecule has 0 aliphatic carbocycles. The molecule has 0 saturated carbocycles. The van der Waals surface area contributed by atoms with E-state index in [1.165, 1.54) is 0 Å². The van der Waals surface area contributed by atoms with Gasteiger partial charge in [0, 0.05) is 6.04 Å². The number of benzene rings is 1. The second-order valence-corrected chi connectivity index (χ2v) is 4.55. The number of ketones is 1. The van der Waals surface area contributed by atoms with E-state index in [4.69, 9.17) is 4.74 Å². The number of aryl methyl sites for hydroxylation is 1. The smallest absolute Gasteiger partial charge is 0.180 e. The van der Waals surface area contributed by atoms with Crippen molar-refractivity contribution in [3.8, 4) is 5.75 Å². The Kier molecular flexibility index (Phi) is 4.70. The summed E-state index contributed by atoms with van der Waals surface area (Å²) in [7, 11) is 1.61. The average molecular weight is 235 g/mol. The van der Waals surface area contributed by atoms with Crippen LogP contribution in [0, 0.1) is 13.8 Å². The van der Waals surface area contributed by atoms with Gasteiger partial charge >= 0.3 is 0 Å². The molecule has 0 fully saturated rings. The first kappa shape index (κ1) is 13.7. The number of hydrogen-bond donors (Lipinski definition) is 1. The molecule has 0 heterocycles. The monoisotopic (exact) mass is 235 g/mol. The highest BCUT2D eigenvalue weighted by molar-refractivity contribution is 6.00. The molecule has 0 spiro atoms. The van der Waals surface area contributed by atoms with Crippen LogP contribution in [0.5, 0.6) is 5.75 Å². The molecule has 0 amide bonds. The summed E-state index contributed by atoms with van der Waals surface area (Å²) < 4.78 is 5.34. The molecule has 3 heteroatoms. The largest absolute Gasteiger partial charge is 0.496 e. The molecule has 3 nitrogen and oxygen atoms in total. The molecule has 0 aliphatic rings. The SMILES string of the molecule is COc1c(C(=O)CNC(C)C)ccc(C)c1C. The van der Waals surface area contributed by atoms with E-state index < -0.39 is 0 Å². The fourth-order valence-electron chi connectivity index (χ4n) is 1.66. The van der Waals surface area contributed by atoms with Crippen molar-refractivity contribution in [1.82, 2.24) is 5.32 Å². The number of carbonyl (C=O) groups is 1. The first-order valence-electron chi connectivity index (χ1n) is 5.88. The van der Waals surface area contributed by atoms with Crippen LogP contribution in [-0.4, -0.2) is 25.5 Å². The third kappa shape index (κ3) is 3.30. The van der Waals surface area contributed by atoms with Gasteiger partial charge in [0.2, 0.25) is 0 Å². The van der Waals surface area contributed by atoms with E-state index in [9.17, 15) is 4.79 Å². The van der Waals surface area contributed by atoms with Gasteiger partial charge in [-0.2, -0.15) is 0 Å². The molecular formula is C14H21NO2. The lowest BCUT2D eigenvalue weighted by Gasteiger charge is -2.13. The third-order valence-electron chi connectivity index (χ3n) is 2.85. The van der Waals surface area contributed by atoms with Crippen LogP contribution in [0.1, 0.15) is 35.3 Å². The predicted molar refractivity (Wildman–Crippen MR) is 69.9 cm³/mol. The summed E-state index contributed by atoms with van der Waals surface area (Å²) >= 11 is 0. The molecule has 1 rings (SSSR count). The van der Waals surface area contributed by atoms with Crippen molar-refractivity contribution in [1.29, 1.82) is 0 Å². The first-order valence-corrected chi connectivity index (χ1v) is 5.88. The Bertz CT molecular complexity index is 411. The number of rotatable bonds is 5. The van der Waals surface area contributed by atoms with Gasteiger partial charge in [-0.25, -0.2) is 0 Å². The molecule has 17 heavy (non-hydrogen) atoms. The van der Waals surface area contributed by atoms with Crippen molar-refractivity contribution < 1.29 is 9.53 Å². The normalized spacial score (nSPS) is 10.7. The van der Waals surface area contributed by atoms with Gasteiger partial charge in [-0.05, 0) is 31.0 Å². The van der Waals surface area contributed by atoms with Crippen molar-refractivity contribution in [2.45, 2.75) is 33.7 Å². The fraction of sp³-hybridized carbons (Fsp3) is 0.500. The molecule has 0 unspecified atom stereocenters. The van der Waals surface area contributed by atoms with E-state index in [-0.39, 0.29) is 5.78 Å². The molecule has 1 aromatic rings. The van der Waals surface area contributed by atoms with Gasteiger partial charge in [0.1, 0.15) is 5.75 Å². The Morgan fingerprint density at radius 2 is 2.00 bits per heavy atom. The fourth-order valence-corrected chi connectivity index (χ4v) is 1.66. The third-order valence-corrected chi connectivity index (χ3v) is 2.85. The van der Waals surface area contributed by atoms with Crippen molar-refractivity contribution in [2.75, 3.05) is 13.7 Å². The molecule has 0 atom stereocenters. The topological polar surface area (TPSA) is 38.3 Å². The van der Waals surface area contributed by atoms with Crippen LogP contribution < -0.4 is 10.1 Å². The minimum atomic E-state index is 0.0682. The molecule has 0 aromatic heterocycles. The van der Waals surface area contributed by atoms with E-state index in [0.29, 0.717) is 23.9 Å². The lowest BCUT2D eigenvalue weighted by atomic mass is 10.0. The Morgan fingerprint density at radius 3 is 2.53 bits per heavy atom. The van der Waals surface area contributed by atoms with Crippen LogP contribution in [0.4, 0.5) is 0 Å². The lowest BCUT2D eigenvalue weighted by Crippen LogP contribution is -2.29. The number of methoxy groups -OCH3 is 1. The zero-order chi connectivity index (χ0) is 13.0. The predicted octanol–water partition coefficient (Wildman–Crippen LogP) is 2.49. The maximum atomic E-state index is 12.0. The van der Waals surface area contributed by atoms with Gasteiger partial charge < -0.3 is 10.1 Å². The molecule has 94 valence electrons. The van der Waals surface area contributed by atoms with Crippen LogP contribution in [-0.2, 0) is 0 Å². The van der Waals surface area contributed by atoms with E-state index in [1.807, 2.05) is 39.8 Å². The highest BCUT2D eigenvalue weighted by Crippen LogP contribution is 2.26. The van der Waals surface area contributed by atoms with Crippen molar-refractivity contribution in [3.05, 3.63) is 28.8 Å². The Hall–Kier alpha value is -1.35. The standard InChI is InChI=1S/C14H21NO2/c1-9(2)15-8-13(16)12-7-6-10(3)11(4)14(12)17-5/h6-7,9,15H,8H2,1-5H3. The van der Waals surface area contributed by atoms with Gasteiger partial charge in [0.25, 0.3) is 0 Å². The molecule has 1 N–H and O–H groups in total. The van der Waals surface area contributed by atoms with Crippen molar-refractivity contribution in [2.24, 2.45) is 0 Å². The zero-order valence-corrected chi connectivity index (χ0v) is 11.3. The average Bonchev–Trinajstić information content (AvgIpc) is 2.29. The summed E-state index contributed by atoms with van der Waals surface area (Å²) in [6.45, 7) is 8.37. The maximum absolute atomic E-state index is 12.0. The van der Waals surface area contributed by atoms with E-state index in [2.05, 4.69) is 5.32 Å². The quantitative estimate of drug-likeness (QED) is 0.797. The van der Waals surface area contributed by atoms with Crippen LogP contribution in [0.15, 0.2) is 12.1 Å². The second kappa shape index (κ2) is 5.82. The Morgan fingerprint density at radius 1 is 1.35 bits per heavy atom. The zero-order valence-electron chi connectivity index (χ0n) is 11.3. The van der Waals surface area contributed by atoms with Gasteiger partial charge in [-0.15, -0.1) is 0 Å². The molecule has 1 aromatic carbocycles. The summed E-state index contributed by atoms with van der Waals surface area (Å²) in [6, 6.07) is 4.10. The maximum Gasteiger partial charge on any atom is 0.180 e. The number of hydrogen-bond acceptors (Lipinski definition) is 3. The van der Waals surface area contributed by atoms with Crippen LogP contribution in [0.3, 0.4) is 0 Å². The molecule has 0 radical (unpaired) electrons. The summed E-state index contributed by atoms with van der Waals surface area (Å²) in [4.78, 5) is 12.0. The Labute approximate surface area is 103 Å². The minimum Gasteiger partial charge on any atom is -0.496 e. The van der Waals surface area contributed by atoms with Gasteiger partial charge in [-0.3, -0.25) is 4.79 Å². The Balaban J connectivity index is 2.97. The second-order valence-electron chi connectivity index (χ2n) is 4.55. The highest BCUT2D eigenvalue weighted by atomic mass is 16.5. The van der Waals surface area contributed by atoms with Gasteiger partial charge in [0.15, 0.2) is 5.78 Å². The van der Waals surface area contributed by atoms with Gasteiger partial charge in [-0.1, -0.05) is 19.9 Å². The molecular weight excluding hydrogens is 214 g/mol. The van der Waals surface area contributed by atoms with Crippen molar-refractivity contribution in [3.63, 3.8) is 0 Å². The summed E-state index contributed by atoms with van der Waals surface area (Å²) in [6.07, 6.45) is 0. The summed E-state index contributed by atoms with van der Waals surface area (Å²) in [5.41, 5.74) is 2.82. The number of nitrogens with one attached hydrogen (secondary N) is 1. The van der Waals surface area contributed by atoms with Crippen LogP contribution in [0.2, 0.25) is 0 Å². The highest BCUT2D eigenvalue weighted by Gasteiger charge is 2.15. The van der Waals surface area contributed by atoms with Crippen LogP contribution in [0.25, 0.3) is 0 Å². The number of ether oxygens (including phenoxy) is 1. The summed E-state index contributed by atoms with van der Waals surface area (Å²) in [5.74, 6) is 0.763. The first-order chi connectivity index (χ1) is 7.97. The number of carbonyl (C=O) groups excluding carboxylic acids is 1. The van der Waals surface area contributed by atoms with Crippen LogP contribution >= 0.6 is 0 Å². The lowest BCUT2D eigenvalue weighted by molar-refractivity contribution is 0.0985. The molecule has 0 aliphatic heterocycles. The number of Topliss-reactive ketones (excluding diaryl/α,β-unsaturated/α-hetero) is 1. The molecule has 0 bridgehead atoms. The van der Waals surface area contributed by atoms with E-state index in [0.717, 1.165) is 11.1 Å².